The fourth-order valence-corrected chi connectivity index (χ4v) is 2.49. The number of carbonyl (C=O) groups is 1. The quantitative estimate of drug-likeness (QED) is 0.855. The van der Waals surface area contributed by atoms with Gasteiger partial charge in [0.1, 0.15) is 0 Å². The molecule has 0 saturated heterocycles. The van der Waals surface area contributed by atoms with Crippen molar-refractivity contribution in [3.8, 4) is 0 Å². The van der Waals surface area contributed by atoms with E-state index in [1.165, 1.54) is 0 Å². The van der Waals surface area contributed by atoms with E-state index in [0.717, 1.165) is 16.8 Å². The van der Waals surface area contributed by atoms with E-state index >= 15 is 0 Å². The third-order valence-corrected chi connectivity index (χ3v) is 4.28. The predicted molar refractivity (Wildman–Crippen MR) is 85.9 cm³/mol. The highest BCUT2D eigenvalue weighted by molar-refractivity contribution is 6.40. The molecule has 5 heteroatoms. The second kappa shape index (κ2) is 6.46. The molecular formula is C16H17Cl2N2O+. The lowest BCUT2D eigenvalue weighted by molar-refractivity contribution is -0.690. The van der Waals surface area contributed by atoms with Crippen LogP contribution in [0.2, 0.25) is 10.0 Å². The zero-order chi connectivity index (χ0) is 15.6. The summed E-state index contributed by atoms with van der Waals surface area (Å²) >= 11 is 12.3. The van der Waals surface area contributed by atoms with Crippen LogP contribution in [0.3, 0.4) is 0 Å². The van der Waals surface area contributed by atoms with Gasteiger partial charge >= 0.3 is 0 Å². The van der Waals surface area contributed by atoms with Crippen molar-refractivity contribution in [1.29, 1.82) is 0 Å². The number of hydrogen-bond donors (Lipinski definition) is 1. The van der Waals surface area contributed by atoms with E-state index in [2.05, 4.69) is 5.32 Å². The molecule has 0 radical (unpaired) electrons. The Kier molecular flexibility index (Phi) is 4.86. The molecule has 0 unspecified atom stereocenters. The molecule has 2 rings (SSSR count). The van der Waals surface area contributed by atoms with Gasteiger partial charge < -0.3 is 5.32 Å². The van der Waals surface area contributed by atoms with Crippen LogP contribution in [0, 0.1) is 20.8 Å². The number of aryl methyl sites for hydroxylation is 2. The van der Waals surface area contributed by atoms with Crippen LogP contribution in [-0.4, -0.2) is 5.91 Å². The second-order valence-electron chi connectivity index (χ2n) is 5.01. The Morgan fingerprint density at radius 3 is 2.57 bits per heavy atom. The molecular weight excluding hydrogens is 307 g/mol. The molecule has 1 N–H and O–H groups in total. The van der Waals surface area contributed by atoms with Crippen LogP contribution >= 0.6 is 23.2 Å². The molecule has 0 aliphatic carbocycles. The Labute approximate surface area is 134 Å². The van der Waals surface area contributed by atoms with Crippen LogP contribution in [0.5, 0.6) is 0 Å². The molecule has 0 aliphatic heterocycles. The highest BCUT2D eigenvalue weighted by atomic mass is 35.5. The predicted octanol–water partition coefficient (Wildman–Crippen LogP) is 3.84. The van der Waals surface area contributed by atoms with Crippen molar-refractivity contribution in [1.82, 2.24) is 0 Å². The van der Waals surface area contributed by atoms with Gasteiger partial charge in [0.15, 0.2) is 11.9 Å². The number of aromatic nitrogens is 1. The molecule has 0 aliphatic rings. The number of amides is 1. The van der Waals surface area contributed by atoms with E-state index in [4.69, 9.17) is 23.2 Å². The standard InChI is InChI=1S/C16H16Cl2N2O/c1-10-5-4-8-20(12(10)3)9-14(21)19-16-13(17)7-6-11(2)15(16)18/h4-8H,9H2,1-3H3/p+1. The summed E-state index contributed by atoms with van der Waals surface area (Å²) < 4.78 is 1.89. The first-order chi connectivity index (χ1) is 9.90. The summed E-state index contributed by atoms with van der Waals surface area (Å²) in [6.45, 7) is 6.08. The molecule has 0 fully saturated rings. The van der Waals surface area contributed by atoms with E-state index in [-0.39, 0.29) is 12.5 Å². The zero-order valence-corrected chi connectivity index (χ0v) is 13.7. The minimum atomic E-state index is -0.164. The van der Waals surface area contributed by atoms with Gasteiger partial charge in [-0.25, -0.2) is 0 Å². The van der Waals surface area contributed by atoms with E-state index < -0.39 is 0 Å². The monoisotopic (exact) mass is 323 g/mol. The molecule has 0 atom stereocenters. The molecule has 1 aromatic heterocycles. The van der Waals surface area contributed by atoms with Gasteiger partial charge in [0.05, 0.1) is 15.7 Å². The van der Waals surface area contributed by atoms with Crippen molar-refractivity contribution in [2.24, 2.45) is 0 Å². The van der Waals surface area contributed by atoms with E-state index in [0.29, 0.717) is 15.7 Å². The third kappa shape index (κ3) is 3.55. The van der Waals surface area contributed by atoms with Gasteiger partial charge in [-0.3, -0.25) is 4.79 Å². The first-order valence-electron chi connectivity index (χ1n) is 6.60. The Morgan fingerprint density at radius 1 is 1.14 bits per heavy atom. The lowest BCUT2D eigenvalue weighted by Gasteiger charge is -2.10. The zero-order valence-electron chi connectivity index (χ0n) is 12.2. The van der Waals surface area contributed by atoms with Crippen molar-refractivity contribution in [2.45, 2.75) is 27.3 Å². The average Bonchev–Trinajstić information content (AvgIpc) is 2.44. The molecule has 0 spiro atoms. The molecule has 3 nitrogen and oxygen atoms in total. The SMILES string of the molecule is Cc1ccc(Cl)c(NC(=O)C[n+]2cccc(C)c2C)c1Cl. The summed E-state index contributed by atoms with van der Waals surface area (Å²) in [5, 5.41) is 3.70. The van der Waals surface area contributed by atoms with Crippen LogP contribution in [-0.2, 0) is 11.3 Å². The van der Waals surface area contributed by atoms with Gasteiger partial charge in [-0.2, -0.15) is 4.57 Å². The van der Waals surface area contributed by atoms with Crippen molar-refractivity contribution in [3.05, 3.63) is 57.3 Å². The van der Waals surface area contributed by atoms with E-state index in [9.17, 15) is 4.79 Å². The topological polar surface area (TPSA) is 33.0 Å². The average molecular weight is 324 g/mol. The summed E-state index contributed by atoms with van der Waals surface area (Å²) in [5.74, 6) is -0.164. The van der Waals surface area contributed by atoms with Crippen molar-refractivity contribution in [3.63, 3.8) is 0 Å². The highest BCUT2D eigenvalue weighted by Crippen LogP contribution is 2.32. The molecule has 0 saturated carbocycles. The Morgan fingerprint density at radius 2 is 1.86 bits per heavy atom. The van der Waals surface area contributed by atoms with Crippen molar-refractivity contribution in [2.75, 3.05) is 5.32 Å². The molecule has 1 heterocycles. The molecule has 1 aromatic carbocycles. The number of rotatable bonds is 3. The van der Waals surface area contributed by atoms with E-state index in [1.807, 2.05) is 49.7 Å². The van der Waals surface area contributed by atoms with Crippen LogP contribution in [0.25, 0.3) is 0 Å². The largest absolute Gasteiger partial charge is 0.318 e. The van der Waals surface area contributed by atoms with Crippen LogP contribution in [0.15, 0.2) is 30.5 Å². The number of nitrogens with one attached hydrogen (secondary N) is 1. The highest BCUT2D eigenvalue weighted by Gasteiger charge is 2.17. The molecule has 2 aromatic rings. The minimum Gasteiger partial charge on any atom is -0.318 e. The van der Waals surface area contributed by atoms with Crippen LogP contribution in [0.4, 0.5) is 5.69 Å². The van der Waals surface area contributed by atoms with Gasteiger partial charge in [0, 0.05) is 18.6 Å². The van der Waals surface area contributed by atoms with Crippen LogP contribution < -0.4 is 9.88 Å². The van der Waals surface area contributed by atoms with Crippen molar-refractivity contribution < 1.29 is 9.36 Å². The van der Waals surface area contributed by atoms with Crippen molar-refractivity contribution >= 4 is 34.8 Å². The lowest BCUT2D eigenvalue weighted by Crippen LogP contribution is -2.43. The maximum absolute atomic E-state index is 12.2. The smallest absolute Gasteiger partial charge is 0.290 e. The van der Waals surface area contributed by atoms with Gasteiger partial charge in [0.25, 0.3) is 5.91 Å². The molecule has 1 amide bonds. The summed E-state index contributed by atoms with van der Waals surface area (Å²) in [7, 11) is 0. The second-order valence-corrected chi connectivity index (χ2v) is 5.79. The summed E-state index contributed by atoms with van der Waals surface area (Å²) in [4.78, 5) is 12.2. The number of pyridine rings is 1. The van der Waals surface area contributed by atoms with Gasteiger partial charge in [-0.1, -0.05) is 29.3 Å². The van der Waals surface area contributed by atoms with Gasteiger partial charge in [-0.15, -0.1) is 0 Å². The number of hydrogen-bond acceptors (Lipinski definition) is 1. The van der Waals surface area contributed by atoms with Gasteiger partial charge in [0.2, 0.25) is 6.54 Å². The first-order valence-corrected chi connectivity index (χ1v) is 7.36. The van der Waals surface area contributed by atoms with Gasteiger partial charge in [-0.05, 0) is 31.5 Å². The maximum atomic E-state index is 12.2. The summed E-state index contributed by atoms with van der Waals surface area (Å²) in [6.07, 6.45) is 1.88. The summed E-state index contributed by atoms with van der Waals surface area (Å²) in [5.41, 5.74) is 3.52. The number of nitrogens with zero attached hydrogens (tertiary/aromatic N) is 1. The minimum absolute atomic E-state index is 0.164. The Hall–Kier alpha value is -1.58. The number of carbonyl (C=O) groups excluding carboxylic acids is 1. The third-order valence-electron chi connectivity index (χ3n) is 3.48. The fraction of sp³-hybridized carbons (Fsp3) is 0.250. The number of halogens is 2. The van der Waals surface area contributed by atoms with Crippen LogP contribution in [0.1, 0.15) is 16.8 Å². The summed E-state index contributed by atoms with van der Waals surface area (Å²) in [6, 6.07) is 7.48. The fourth-order valence-electron chi connectivity index (χ4n) is 2.03. The van der Waals surface area contributed by atoms with E-state index in [1.54, 1.807) is 6.07 Å². The number of benzene rings is 1. The molecule has 110 valence electrons. The Balaban J connectivity index is 2.20. The first kappa shape index (κ1) is 15.8. The maximum Gasteiger partial charge on any atom is 0.290 e. The lowest BCUT2D eigenvalue weighted by atomic mass is 10.2. The number of anilines is 1. The molecule has 21 heavy (non-hydrogen) atoms. The molecule has 0 bridgehead atoms. The Bertz CT molecular complexity index is 699. The normalized spacial score (nSPS) is 10.5.